The molecule has 0 radical (unpaired) electrons. The van der Waals surface area contributed by atoms with E-state index in [1.807, 2.05) is 22.7 Å². The van der Waals surface area contributed by atoms with Crippen LogP contribution in [-0.4, -0.2) is 81.1 Å². The van der Waals surface area contributed by atoms with Crippen molar-refractivity contribution < 1.29 is 23.8 Å². The van der Waals surface area contributed by atoms with Crippen LogP contribution in [-0.2, 0) is 21.4 Å². The maximum atomic E-state index is 12.4. The number of carbonyl (C=O) groups is 2. The molecule has 1 unspecified atom stereocenters. The number of nitrogens with zero attached hydrogens (tertiary/aromatic N) is 4. The molecule has 1 saturated heterocycles. The number of thioether (sulfide) groups is 1. The van der Waals surface area contributed by atoms with Gasteiger partial charge in [0.1, 0.15) is 11.9 Å². The average molecular weight is 568 g/mol. The van der Waals surface area contributed by atoms with Gasteiger partial charge in [0.15, 0.2) is 11.7 Å². The van der Waals surface area contributed by atoms with Crippen LogP contribution >= 0.6 is 27.7 Å². The van der Waals surface area contributed by atoms with Crippen LogP contribution in [0.25, 0.3) is 0 Å². The maximum Gasteiger partial charge on any atom is 0.337 e. The number of carboxylic acids is 1. The molecule has 0 aliphatic carbocycles. The van der Waals surface area contributed by atoms with Gasteiger partial charge < -0.3 is 19.7 Å². The normalized spacial score (nSPS) is 18.2. The van der Waals surface area contributed by atoms with Gasteiger partial charge in [-0.25, -0.2) is 14.2 Å². The quantitative estimate of drug-likeness (QED) is 0.513. The summed E-state index contributed by atoms with van der Waals surface area (Å²) in [7, 11) is 1.86. The number of amidine groups is 1. The largest absolute Gasteiger partial charge is 0.480 e. The summed E-state index contributed by atoms with van der Waals surface area (Å²) in [5.41, 5.74) is 1.05. The lowest BCUT2D eigenvalue weighted by Gasteiger charge is -2.34. The highest BCUT2D eigenvalue weighted by Gasteiger charge is 2.32. The third-order valence-corrected chi connectivity index (χ3v) is 6.77. The molecule has 1 aromatic carbocycles. The lowest BCUT2D eigenvalue weighted by molar-refractivity contribution is -0.142. The third kappa shape index (κ3) is 7.39. The molecule has 9 nitrogen and oxygen atoms in total. The minimum Gasteiger partial charge on any atom is -0.480 e. The molecule has 1 fully saturated rings. The van der Waals surface area contributed by atoms with Crippen LogP contribution in [0.15, 0.2) is 57.4 Å². The monoisotopic (exact) mass is 567 g/mol. The zero-order chi connectivity index (χ0) is 25.4. The number of carboxylic acid groups (broad SMARTS) is 1. The molecule has 2 N–H and O–H groups in total. The van der Waals surface area contributed by atoms with E-state index in [1.54, 1.807) is 37.0 Å². The van der Waals surface area contributed by atoms with Crippen molar-refractivity contribution in [2.45, 2.75) is 13.0 Å². The molecule has 12 heteroatoms. The Labute approximate surface area is 215 Å². The number of imidazole rings is 1. The van der Waals surface area contributed by atoms with Crippen LogP contribution in [0.2, 0.25) is 0 Å². The molecule has 35 heavy (non-hydrogen) atoms. The molecule has 3 heterocycles. The second kappa shape index (κ2) is 12.8. The Kier molecular flexibility index (Phi) is 9.87. The summed E-state index contributed by atoms with van der Waals surface area (Å²) < 4.78 is 19.9. The van der Waals surface area contributed by atoms with E-state index in [0.717, 1.165) is 10.2 Å². The highest BCUT2D eigenvalue weighted by atomic mass is 79.9. The first-order chi connectivity index (χ1) is 16.8. The summed E-state index contributed by atoms with van der Waals surface area (Å²) in [6.45, 7) is 3.14. The molecular formula is C23H27BrFN5O4S. The van der Waals surface area contributed by atoms with Crippen molar-refractivity contribution >= 4 is 45.5 Å². The Bertz CT molecular complexity index is 1110. The third-order valence-electron chi connectivity index (χ3n) is 5.26. The van der Waals surface area contributed by atoms with Gasteiger partial charge in [0.2, 0.25) is 0 Å². The lowest BCUT2D eigenvalue weighted by Crippen LogP contribution is -2.50. The minimum atomic E-state index is -0.853. The van der Waals surface area contributed by atoms with E-state index in [9.17, 15) is 19.1 Å². The molecular weight excluding hydrogens is 541 g/mol. The first kappa shape index (κ1) is 26.9. The number of aliphatic imine (C=N–C) groups is 1. The van der Waals surface area contributed by atoms with Gasteiger partial charge in [0.05, 0.1) is 18.7 Å². The Morgan fingerprint density at radius 2 is 2.20 bits per heavy atom. The van der Waals surface area contributed by atoms with Gasteiger partial charge in [-0.2, -0.15) is 11.8 Å². The fourth-order valence-electron chi connectivity index (χ4n) is 3.49. The van der Waals surface area contributed by atoms with Crippen molar-refractivity contribution in [3.63, 3.8) is 0 Å². The average Bonchev–Trinajstić information content (AvgIpc) is 3.25. The summed E-state index contributed by atoms with van der Waals surface area (Å²) in [5, 5.41) is 12.7. The number of nitrogens with one attached hydrogen (secondary N) is 1. The van der Waals surface area contributed by atoms with E-state index in [4.69, 9.17) is 4.74 Å². The van der Waals surface area contributed by atoms with E-state index in [1.165, 1.54) is 12.1 Å². The van der Waals surface area contributed by atoms with Gasteiger partial charge in [0.25, 0.3) is 0 Å². The van der Waals surface area contributed by atoms with Crippen LogP contribution in [0.5, 0.6) is 0 Å². The Morgan fingerprint density at radius 1 is 1.40 bits per heavy atom. The van der Waals surface area contributed by atoms with Gasteiger partial charge in [-0.3, -0.25) is 14.7 Å². The summed E-state index contributed by atoms with van der Waals surface area (Å²) in [6.07, 6.45) is 3.48. The van der Waals surface area contributed by atoms with Crippen molar-refractivity contribution in [2.24, 2.45) is 12.0 Å². The molecule has 2 aliphatic heterocycles. The number of aromatic nitrogens is 2. The first-order valence-corrected chi connectivity index (χ1v) is 12.9. The van der Waals surface area contributed by atoms with Crippen molar-refractivity contribution in [2.75, 3.05) is 37.7 Å². The molecule has 0 spiro atoms. The minimum absolute atomic E-state index is 0.170. The van der Waals surface area contributed by atoms with E-state index in [2.05, 4.69) is 31.2 Å². The second-order valence-electron chi connectivity index (χ2n) is 7.67. The smallest absolute Gasteiger partial charge is 0.337 e. The Hall–Kier alpha value is -2.70. The van der Waals surface area contributed by atoms with Gasteiger partial charge in [-0.1, -0.05) is 22.0 Å². The molecule has 2 aliphatic rings. The zero-order valence-corrected chi connectivity index (χ0v) is 21.8. The van der Waals surface area contributed by atoms with E-state index in [-0.39, 0.29) is 19.0 Å². The second-order valence-corrected chi connectivity index (χ2v) is 9.73. The number of benzene rings is 1. The van der Waals surface area contributed by atoms with E-state index >= 15 is 0 Å². The predicted octanol–water partition coefficient (Wildman–Crippen LogP) is 2.68. The Morgan fingerprint density at radius 3 is 2.80 bits per heavy atom. The van der Waals surface area contributed by atoms with Gasteiger partial charge in [-0.15, -0.1) is 0 Å². The number of esters is 1. The van der Waals surface area contributed by atoms with Gasteiger partial charge in [-0.05, 0) is 25.1 Å². The molecule has 4 rings (SSSR count). The van der Waals surface area contributed by atoms with Crippen molar-refractivity contribution in [1.82, 2.24) is 19.8 Å². The zero-order valence-electron chi connectivity index (χ0n) is 19.4. The first-order valence-electron chi connectivity index (χ1n) is 10.9. The fraction of sp³-hybridized carbons (Fsp3) is 0.391. The molecule has 0 amide bonds. The van der Waals surface area contributed by atoms with Crippen LogP contribution in [0, 0.1) is 5.82 Å². The SMILES string of the molecule is CCOC(=O)C1=C(CN2CCSCC2C(=O)O)NC(c2nccn2C)=NC1.Fc1cccc(Br)c1. The Balaban J connectivity index is 0.000000363. The molecule has 1 aromatic heterocycles. The maximum absolute atomic E-state index is 12.4. The number of ether oxygens (including phenoxy) is 1. The van der Waals surface area contributed by atoms with Gasteiger partial charge >= 0.3 is 11.9 Å². The standard InChI is InChI=1S/C17H23N5O4S.C6H4BrF/c1-3-26-17(25)11-8-19-14(15-18-4-5-21(15)2)20-12(11)9-22-6-7-27-10-13(22)16(23)24;7-5-2-1-3-6(8)4-5/h4-5,13H,3,6-10H2,1-2H3,(H,19,20)(H,23,24);1-4H. The van der Waals surface area contributed by atoms with Crippen LogP contribution in [0.4, 0.5) is 4.39 Å². The van der Waals surface area contributed by atoms with Crippen molar-refractivity contribution in [1.29, 1.82) is 0 Å². The van der Waals surface area contributed by atoms with Crippen molar-refractivity contribution in [3.05, 3.63) is 64.0 Å². The summed E-state index contributed by atoms with van der Waals surface area (Å²) in [6, 6.07) is 5.67. The number of carbonyl (C=O) groups excluding carboxylic acids is 1. The molecule has 0 saturated carbocycles. The van der Waals surface area contributed by atoms with E-state index < -0.39 is 18.0 Å². The van der Waals surface area contributed by atoms with Crippen LogP contribution < -0.4 is 5.32 Å². The topological polar surface area (TPSA) is 109 Å². The van der Waals surface area contributed by atoms with Gasteiger partial charge in [0, 0.05) is 54.2 Å². The number of aliphatic carboxylic acids is 1. The fourth-order valence-corrected chi connectivity index (χ4v) is 4.97. The molecule has 0 bridgehead atoms. The predicted molar refractivity (Wildman–Crippen MR) is 136 cm³/mol. The number of hydrogen-bond donors (Lipinski definition) is 2. The van der Waals surface area contributed by atoms with Crippen molar-refractivity contribution in [3.8, 4) is 0 Å². The highest BCUT2D eigenvalue weighted by Crippen LogP contribution is 2.20. The molecule has 1 atom stereocenters. The highest BCUT2D eigenvalue weighted by molar-refractivity contribution is 9.10. The summed E-state index contributed by atoms with van der Waals surface area (Å²) in [4.78, 5) is 34.6. The van der Waals surface area contributed by atoms with E-state index in [0.29, 0.717) is 41.8 Å². The lowest BCUT2D eigenvalue weighted by atomic mass is 10.1. The van der Waals surface area contributed by atoms with Crippen LogP contribution in [0.1, 0.15) is 12.7 Å². The number of rotatable bonds is 6. The molecule has 188 valence electrons. The number of halogens is 2. The summed E-state index contributed by atoms with van der Waals surface area (Å²) in [5.74, 6) is 1.10. The number of aryl methyl sites for hydroxylation is 1. The molecule has 2 aromatic rings. The number of hydrogen-bond acceptors (Lipinski definition) is 8. The van der Waals surface area contributed by atoms with Crippen LogP contribution in [0.3, 0.4) is 0 Å². The summed E-state index contributed by atoms with van der Waals surface area (Å²) >= 11 is 4.75.